The van der Waals surface area contributed by atoms with E-state index in [4.69, 9.17) is 11.6 Å². The minimum atomic E-state index is -0.411. The zero-order chi connectivity index (χ0) is 20.5. The lowest BCUT2D eigenvalue weighted by Crippen LogP contribution is -2.49. The summed E-state index contributed by atoms with van der Waals surface area (Å²) in [5, 5.41) is 14.2. The van der Waals surface area contributed by atoms with Gasteiger partial charge in [-0.1, -0.05) is 48.0 Å². The third-order valence-electron chi connectivity index (χ3n) is 6.11. The molecule has 0 spiro atoms. The van der Waals surface area contributed by atoms with Crippen molar-refractivity contribution in [3.63, 3.8) is 0 Å². The molecule has 5 heteroatoms. The highest BCUT2D eigenvalue weighted by molar-refractivity contribution is 6.30. The molecule has 4 aromatic rings. The van der Waals surface area contributed by atoms with E-state index in [9.17, 15) is 5.11 Å². The highest BCUT2D eigenvalue weighted by atomic mass is 35.5. The molecule has 1 aliphatic rings. The quantitative estimate of drug-likeness (QED) is 0.511. The van der Waals surface area contributed by atoms with Crippen molar-refractivity contribution in [2.45, 2.75) is 12.6 Å². The van der Waals surface area contributed by atoms with E-state index in [0.717, 1.165) is 31.2 Å². The van der Waals surface area contributed by atoms with Gasteiger partial charge in [0, 0.05) is 65.2 Å². The number of aromatic nitrogens is 1. The average Bonchev–Trinajstić information content (AvgIpc) is 3.09. The molecule has 30 heavy (non-hydrogen) atoms. The highest BCUT2D eigenvalue weighted by Crippen LogP contribution is 2.29. The third kappa shape index (κ3) is 3.79. The Hall–Kier alpha value is -2.53. The van der Waals surface area contributed by atoms with Crippen LogP contribution in [-0.4, -0.2) is 53.4 Å². The number of anilines is 1. The Bertz CT molecular complexity index is 1090. The molecule has 0 aliphatic carbocycles. The normalized spacial score (nSPS) is 16.4. The fraction of sp³-hybridized carbons (Fsp3) is 0.280. The fourth-order valence-corrected chi connectivity index (χ4v) is 4.73. The zero-order valence-corrected chi connectivity index (χ0v) is 17.7. The van der Waals surface area contributed by atoms with Gasteiger partial charge in [-0.05, 0) is 36.4 Å². The highest BCUT2D eigenvalue weighted by Gasteiger charge is 2.21. The molecule has 154 valence electrons. The van der Waals surface area contributed by atoms with Crippen LogP contribution in [0.15, 0.2) is 72.8 Å². The number of rotatable bonds is 5. The van der Waals surface area contributed by atoms with Crippen LogP contribution in [0.5, 0.6) is 0 Å². The molecular weight excluding hydrogens is 394 g/mol. The Morgan fingerprint density at radius 3 is 1.90 bits per heavy atom. The van der Waals surface area contributed by atoms with Gasteiger partial charge in [0.15, 0.2) is 0 Å². The Morgan fingerprint density at radius 2 is 1.30 bits per heavy atom. The van der Waals surface area contributed by atoms with Crippen LogP contribution in [0.2, 0.25) is 5.02 Å². The first kappa shape index (κ1) is 19.4. The predicted octanol–water partition coefficient (Wildman–Crippen LogP) is 4.63. The van der Waals surface area contributed by atoms with Gasteiger partial charge in [-0.25, -0.2) is 0 Å². The smallest absolute Gasteiger partial charge is 0.0845 e. The minimum absolute atomic E-state index is 0.411. The molecule has 3 aromatic carbocycles. The topological polar surface area (TPSA) is 31.6 Å². The average molecular weight is 420 g/mol. The van der Waals surface area contributed by atoms with Crippen molar-refractivity contribution in [2.24, 2.45) is 0 Å². The molecule has 4 nitrogen and oxygen atoms in total. The molecule has 1 aliphatic heterocycles. The second kappa shape index (κ2) is 8.31. The summed E-state index contributed by atoms with van der Waals surface area (Å²) in [7, 11) is 0. The van der Waals surface area contributed by atoms with Crippen LogP contribution >= 0.6 is 11.6 Å². The van der Waals surface area contributed by atoms with Crippen molar-refractivity contribution in [2.75, 3.05) is 37.6 Å². The van der Waals surface area contributed by atoms with E-state index in [1.54, 1.807) is 0 Å². The van der Waals surface area contributed by atoms with Crippen LogP contribution < -0.4 is 4.90 Å². The van der Waals surface area contributed by atoms with E-state index in [-0.39, 0.29) is 0 Å². The lowest BCUT2D eigenvalue weighted by Gasteiger charge is -2.37. The first-order valence-electron chi connectivity index (χ1n) is 10.6. The maximum atomic E-state index is 10.9. The third-order valence-corrected chi connectivity index (χ3v) is 6.36. The number of aliphatic hydroxyl groups excluding tert-OH is 1. The second-order valence-electron chi connectivity index (χ2n) is 8.06. The van der Waals surface area contributed by atoms with E-state index in [2.05, 4.69) is 75.0 Å². The van der Waals surface area contributed by atoms with Crippen LogP contribution in [0.25, 0.3) is 21.8 Å². The molecule has 1 saturated heterocycles. The zero-order valence-electron chi connectivity index (χ0n) is 16.9. The second-order valence-corrected chi connectivity index (χ2v) is 8.50. The van der Waals surface area contributed by atoms with Crippen molar-refractivity contribution in [3.05, 3.63) is 77.8 Å². The molecule has 2 heterocycles. The molecule has 0 radical (unpaired) electrons. The molecule has 1 aromatic heterocycles. The lowest BCUT2D eigenvalue weighted by atomic mass is 10.2. The maximum absolute atomic E-state index is 10.9. The van der Waals surface area contributed by atoms with Crippen molar-refractivity contribution in [1.29, 1.82) is 0 Å². The summed E-state index contributed by atoms with van der Waals surface area (Å²) in [5.41, 5.74) is 3.58. The number of hydrogen-bond acceptors (Lipinski definition) is 3. The first-order valence-corrected chi connectivity index (χ1v) is 10.9. The van der Waals surface area contributed by atoms with Gasteiger partial charge in [0.25, 0.3) is 0 Å². The van der Waals surface area contributed by atoms with Gasteiger partial charge in [-0.3, -0.25) is 4.90 Å². The summed E-state index contributed by atoms with van der Waals surface area (Å²) >= 11 is 6.01. The number of aliphatic hydroxyl groups is 1. The van der Waals surface area contributed by atoms with Gasteiger partial charge >= 0.3 is 0 Å². The summed E-state index contributed by atoms with van der Waals surface area (Å²) in [6, 6.07) is 25.0. The van der Waals surface area contributed by atoms with Gasteiger partial charge in [-0.15, -0.1) is 0 Å². The van der Waals surface area contributed by atoms with Crippen LogP contribution in [0.4, 0.5) is 5.69 Å². The fourth-order valence-electron chi connectivity index (χ4n) is 4.61. The summed E-state index contributed by atoms with van der Waals surface area (Å²) < 4.78 is 2.26. The number of para-hydroxylation sites is 2. The Morgan fingerprint density at radius 1 is 0.733 bits per heavy atom. The molecule has 5 rings (SSSR count). The van der Waals surface area contributed by atoms with Crippen molar-refractivity contribution in [1.82, 2.24) is 9.47 Å². The number of nitrogens with zero attached hydrogens (tertiary/aromatic N) is 3. The molecule has 0 unspecified atom stereocenters. The van der Waals surface area contributed by atoms with Crippen LogP contribution in [0, 0.1) is 0 Å². The summed E-state index contributed by atoms with van der Waals surface area (Å²) in [6.45, 7) is 5.12. The maximum Gasteiger partial charge on any atom is 0.0845 e. The molecule has 0 amide bonds. The van der Waals surface area contributed by atoms with Gasteiger partial charge in [0.05, 0.1) is 12.6 Å². The largest absolute Gasteiger partial charge is 0.390 e. The van der Waals surface area contributed by atoms with Crippen molar-refractivity contribution in [3.8, 4) is 0 Å². The van der Waals surface area contributed by atoms with Gasteiger partial charge in [-0.2, -0.15) is 0 Å². The van der Waals surface area contributed by atoms with E-state index in [1.165, 1.54) is 27.5 Å². The van der Waals surface area contributed by atoms with Crippen LogP contribution in [-0.2, 0) is 6.54 Å². The van der Waals surface area contributed by atoms with Gasteiger partial charge in [0.1, 0.15) is 0 Å². The standard InChI is InChI=1S/C25H26ClN3O/c26-19-9-11-20(12-10-19)28-15-13-27(14-16-28)17-21(30)18-29-24-7-3-1-5-22(24)23-6-2-4-8-25(23)29/h1-12,21,30H,13-18H2/t21-/m1/s1. The molecular formula is C25H26ClN3O. The van der Waals surface area contributed by atoms with E-state index in [0.29, 0.717) is 13.1 Å². The summed E-state index contributed by atoms with van der Waals surface area (Å²) in [6.07, 6.45) is -0.411. The minimum Gasteiger partial charge on any atom is -0.390 e. The molecule has 0 saturated carbocycles. The summed E-state index contributed by atoms with van der Waals surface area (Å²) in [4.78, 5) is 4.75. The number of piperazine rings is 1. The van der Waals surface area contributed by atoms with Crippen molar-refractivity contribution < 1.29 is 5.11 Å². The van der Waals surface area contributed by atoms with Gasteiger partial charge < -0.3 is 14.6 Å². The number of β-amino-alcohol motifs (C(OH)–C–C–N with tert-alkyl or cyclic N) is 1. The molecule has 0 bridgehead atoms. The number of fused-ring (bicyclic) bond motifs is 3. The Labute approximate surface area is 181 Å². The van der Waals surface area contributed by atoms with Crippen LogP contribution in [0.3, 0.4) is 0 Å². The predicted molar refractivity (Wildman–Crippen MR) is 126 cm³/mol. The SMILES string of the molecule is O[C@H](CN1CCN(c2ccc(Cl)cc2)CC1)Cn1c2ccccc2c2ccccc21. The molecule has 1 atom stereocenters. The summed E-state index contributed by atoms with van der Waals surface area (Å²) in [5.74, 6) is 0. The van der Waals surface area contributed by atoms with Crippen molar-refractivity contribution >= 4 is 39.1 Å². The van der Waals surface area contributed by atoms with Gasteiger partial charge in [0.2, 0.25) is 0 Å². The monoisotopic (exact) mass is 419 g/mol. The molecule has 1 N–H and O–H groups in total. The Balaban J connectivity index is 1.26. The molecule has 1 fully saturated rings. The number of hydrogen-bond donors (Lipinski definition) is 1. The van der Waals surface area contributed by atoms with E-state index in [1.807, 2.05) is 12.1 Å². The first-order chi connectivity index (χ1) is 14.7. The van der Waals surface area contributed by atoms with Crippen LogP contribution in [0.1, 0.15) is 0 Å². The lowest BCUT2D eigenvalue weighted by molar-refractivity contribution is 0.0969. The number of halogens is 1. The Kier molecular flexibility index (Phi) is 5.38. The van der Waals surface area contributed by atoms with E-state index >= 15 is 0 Å². The van der Waals surface area contributed by atoms with E-state index < -0.39 is 6.10 Å². The number of benzene rings is 3.